The topological polar surface area (TPSA) is 55.4 Å². The number of carbonyl (C=O) groups is 2. The number of nitrogens with one attached hydrogen (secondary N) is 1. The van der Waals surface area contributed by atoms with Crippen molar-refractivity contribution in [2.75, 3.05) is 0 Å². The van der Waals surface area contributed by atoms with Crippen molar-refractivity contribution in [2.45, 2.75) is 51.2 Å². The maximum atomic E-state index is 12.0. The van der Waals surface area contributed by atoms with Crippen LogP contribution >= 0.6 is 11.6 Å². The van der Waals surface area contributed by atoms with E-state index in [0.29, 0.717) is 5.02 Å². The molecule has 1 amide bonds. The van der Waals surface area contributed by atoms with Gasteiger partial charge in [0.15, 0.2) is 6.10 Å². The molecule has 23 heavy (non-hydrogen) atoms. The van der Waals surface area contributed by atoms with Crippen molar-refractivity contribution in [3.05, 3.63) is 40.9 Å². The number of carbonyl (C=O) groups excluding carboxylic acids is 2. The van der Waals surface area contributed by atoms with E-state index in [9.17, 15) is 9.59 Å². The third kappa shape index (κ3) is 6.06. The zero-order valence-electron chi connectivity index (χ0n) is 13.3. The van der Waals surface area contributed by atoms with Gasteiger partial charge in [0.2, 0.25) is 0 Å². The fourth-order valence-corrected chi connectivity index (χ4v) is 2.81. The molecule has 1 aromatic carbocycles. The van der Waals surface area contributed by atoms with E-state index < -0.39 is 12.1 Å². The number of hydrogen-bond acceptors (Lipinski definition) is 3. The first-order valence-corrected chi connectivity index (χ1v) is 8.37. The number of rotatable bonds is 5. The third-order valence-electron chi connectivity index (χ3n) is 3.87. The lowest BCUT2D eigenvalue weighted by Crippen LogP contribution is -2.42. The fraction of sp³-hybridized carbons (Fsp3) is 0.444. The lowest BCUT2D eigenvalue weighted by Gasteiger charge is -2.24. The molecule has 0 spiro atoms. The first-order chi connectivity index (χ1) is 11.0. The molecule has 0 heterocycles. The SMILES string of the molecule is CC(OC(=O)/C=C/c1cccc(Cl)c1)C(=O)NC1CCCCC1. The summed E-state index contributed by atoms with van der Waals surface area (Å²) in [5.41, 5.74) is 0.800. The molecule has 0 aliphatic heterocycles. The van der Waals surface area contributed by atoms with Crippen molar-refractivity contribution in [3.63, 3.8) is 0 Å². The van der Waals surface area contributed by atoms with Crippen molar-refractivity contribution in [2.24, 2.45) is 0 Å². The molecular weight excluding hydrogens is 314 g/mol. The molecule has 0 aromatic heterocycles. The second-order valence-electron chi connectivity index (χ2n) is 5.81. The van der Waals surface area contributed by atoms with E-state index >= 15 is 0 Å². The van der Waals surface area contributed by atoms with Crippen LogP contribution in [0.4, 0.5) is 0 Å². The Bertz CT molecular complexity index is 579. The molecule has 0 saturated heterocycles. The molecule has 5 heteroatoms. The largest absolute Gasteiger partial charge is 0.449 e. The summed E-state index contributed by atoms with van der Waals surface area (Å²) < 4.78 is 5.13. The van der Waals surface area contributed by atoms with Crippen LogP contribution in [0.25, 0.3) is 6.08 Å². The van der Waals surface area contributed by atoms with Crippen molar-refractivity contribution in [1.82, 2.24) is 5.32 Å². The average molecular weight is 336 g/mol. The lowest BCUT2D eigenvalue weighted by atomic mass is 9.95. The summed E-state index contributed by atoms with van der Waals surface area (Å²) in [5.74, 6) is -0.780. The summed E-state index contributed by atoms with van der Waals surface area (Å²) in [6.45, 7) is 1.59. The first-order valence-electron chi connectivity index (χ1n) is 7.99. The van der Waals surface area contributed by atoms with Crippen LogP contribution in [-0.2, 0) is 14.3 Å². The molecule has 1 N–H and O–H groups in total. The smallest absolute Gasteiger partial charge is 0.331 e. The highest BCUT2D eigenvalue weighted by Gasteiger charge is 2.21. The van der Waals surface area contributed by atoms with Crippen molar-refractivity contribution >= 4 is 29.6 Å². The molecule has 1 unspecified atom stereocenters. The summed E-state index contributed by atoms with van der Waals surface area (Å²) in [5, 5.41) is 3.55. The van der Waals surface area contributed by atoms with Crippen LogP contribution in [0.15, 0.2) is 30.3 Å². The van der Waals surface area contributed by atoms with E-state index in [1.54, 1.807) is 31.2 Å². The predicted molar refractivity (Wildman–Crippen MR) is 91.1 cm³/mol. The van der Waals surface area contributed by atoms with Crippen molar-refractivity contribution < 1.29 is 14.3 Å². The van der Waals surface area contributed by atoms with Gasteiger partial charge in [0, 0.05) is 17.1 Å². The Hall–Kier alpha value is -1.81. The van der Waals surface area contributed by atoms with Gasteiger partial charge in [0.05, 0.1) is 0 Å². The number of halogens is 1. The molecule has 0 bridgehead atoms. The summed E-state index contributed by atoms with van der Waals surface area (Å²) in [7, 11) is 0. The van der Waals surface area contributed by atoms with Gasteiger partial charge in [-0.3, -0.25) is 4.79 Å². The molecule has 1 aromatic rings. The zero-order chi connectivity index (χ0) is 16.7. The summed E-state index contributed by atoms with van der Waals surface area (Å²) in [6.07, 6.45) is 7.63. The Morgan fingerprint density at radius 1 is 1.30 bits per heavy atom. The van der Waals surface area contributed by atoms with Crippen LogP contribution in [0.3, 0.4) is 0 Å². The van der Waals surface area contributed by atoms with E-state index in [2.05, 4.69) is 5.32 Å². The van der Waals surface area contributed by atoms with Gasteiger partial charge in [-0.25, -0.2) is 4.79 Å². The molecule has 1 aliphatic carbocycles. The summed E-state index contributed by atoms with van der Waals surface area (Å²) >= 11 is 5.88. The highest BCUT2D eigenvalue weighted by Crippen LogP contribution is 2.17. The quantitative estimate of drug-likeness (QED) is 0.659. The maximum Gasteiger partial charge on any atom is 0.331 e. The van der Waals surface area contributed by atoms with Gasteiger partial charge in [-0.05, 0) is 43.5 Å². The number of hydrogen-bond donors (Lipinski definition) is 1. The molecule has 0 radical (unpaired) electrons. The Morgan fingerprint density at radius 3 is 2.74 bits per heavy atom. The Morgan fingerprint density at radius 2 is 2.04 bits per heavy atom. The van der Waals surface area contributed by atoms with Crippen molar-refractivity contribution in [1.29, 1.82) is 0 Å². The van der Waals surface area contributed by atoms with Gasteiger partial charge < -0.3 is 10.1 Å². The van der Waals surface area contributed by atoms with Gasteiger partial charge in [-0.1, -0.05) is 43.0 Å². The van der Waals surface area contributed by atoms with E-state index in [-0.39, 0.29) is 11.9 Å². The van der Waals surface area contributed by atoms with E-state index in [0.717, 1.165) is 31.2 Å². The monoisotopic (exact) mass is 335 g/mol. The van der Waals surface area contributed by atoms with Gasteiger partial charge in [-0.15, -0.1) is 0 Å². The predicted octanol–water partition coefficient (Wildman–Crippen LogP) is 3.73. The van der Waals surface area contributed by atoms with Crippen LogP contribution in [0.5, 0.6) is 0 Å². The maximum absolute atomic E-state index is 12.0. The highest BCUT2D eigenvalue weighted by atomic mass is 35.5. The molecule has 1 saturated carbocycles. The normalized spacial score (nSPS) is 17.0. The van der Waals surface area contributed by atoms with Crippen LogP contribution in [0, 0.1) is 0 Å². The van der Waals surface area contributed by atoms with Gasteiger partial charge in [0.25, 0.3) is 5.91 Å². The van der Waals surface area contributed by atoms with Gasteiger partial charge in [-0.2, -0.15) is 0 Å². The summed E-state index contributed by atoms with van der Waals surface area (Å²) in [6, 6.07) is 7.33. The zero-order valence-corrected chi connectivity index (χ0v) is 14.0. The van der Waals surface area contributed by atoms with Gasteiger partial charge in [0.1, 0.15) is 0 Å². The number of benzene rings is 1. The average Bonchev–Trinajstić information content (AvgIpc) is 2.54. The minimum absolute atomic E-state index is 0.208. The number of ether oxygens (including phenoxy) is 1. The molecule has 1 atom stereocenters. The minimum Gasteiger partial charge on any atom is -0.449 e. The van der Waals surface area contributed by atoms with Crippen LogP contribution in [-0.4, -0.2) is 24.0 Å². The van der Waals surface area contributed by atoms with E-state index in [1.165, 1.54) is 12.5 Å². The fourth-order valence-electron chi connectivity index (χ4n) is 2.61. The second-order valence-corrected chi connectivity index (χ2v) is 6.25. The van der Waals surface area contributed by atoms with Crippen LogP contribution in [0.1, 0.15) is 44.6 Å². The Kier molecular flexibility index (Phi) is 6.66. The van der Waals surface area contributed by atoms with Crippen LogP contribution < -0.4 is 5.32 Å². The van der Waals surface area contributed by atoms with Gasteiger partial charge >= 0.3 is 5.97 Å². The molecule has 124 valence electrons. The molecule has 2 rings (SSSR count). The minimum atomic E-state index is -0.798. The first kappa shape index (κ1) is 17.5. The van der Waals surface area contributed by atoms with Crippen LogP contribution in [0.2, 0.25) is 5.02 Å². The molecule has 4 nitrogen and oxygen atoms in total. The standard InChI is InChI=1S/C18H22ClNO3/c1-13(18(22)20-16-8-3-2-4-9-16)23-17(21)11-10-14-6-5-7-15(19)12-14/h5-7,10-13,16H,2-4,8-9H2,1H3,(H,20,22)/b11-10+. The highest BCUT2D eigenvalue weighted by molar-refractivity contribution is 6.30. The number of esters is 1. The Balaban J connectivity index is 1.80. The third-order valence-corrected chi connectivity index (χ3v) is 4.11. The molecule has 1 fully saturated rings. The molecule has 1 aliphatic rings. The van der Waals surface area contributed by atoms with E-state index in [1.807, 2.05) is 6.07 Å². The molecular formula is C18H22ClNO3. The van der Waals surface area contributed by atoms with E-state index in [4.69, 9.17) is 16.3 Å². The lowest BCUT2D eigenvalue weighted by molar-refractivity contribution is -0.150. The summed E-state index contributed by atoms with van der Waals surface area (Å²) in [4.78, 5) is 23.8. The number of amides is 1. The Labute approximate surface area is 141 Å². The second kappa shape index (κ2) is 8.73. The van der Waals surface area contributed by atoms with Crippen molar-refractivity contribution in [3.8, 4) is 0 Å².